The smallest absolute Gasteiger partial charge is 0.124 e. The predicted molar refractivity (Wildman–Crippen MR) is 108 cm³/mol. The SMILES string of the molecule is CC(C)(C)c1cc(F)cc(-c2cccc3c2C(C)(C)c2ccccc2-3)c1. The molecule has 0 saturated carbocycles. The van der Waals surface area contributed by atoms with Crippen LogP contribution in [-0.4, -0.2) is 0 Å². The van der Waals surface area contributed by atoms with Crippen molar-refractivity contribution in [1.29, 1.82) is 0 Å². The molecule has 132 valence electrons. The molecule has 0 nitrogen and oxygen atoms in total. The van der Waals surface area contributed by atoms with E-state index in [4.69, 9.17) is 0 Å². The van der Waals surface area contributed by atoms with E-state index in [9.17, 15) is 4.39 Å². The van der Waals surface area contributed by atoms with E-state index in [1.807, 2.05) is 0 Å². The summed E-state index contributed by atoms with van der Waals surface area (Å²) in [6, 6.07) is 20.5. The van der Waals surface area contributed by atoms with E-state index in [0.717, 1.165) is 16.7 Å². The molecule has 0 radical (unpaired) electrons. The predicted octanol–water partition coefficient (Wildman–Crippen LogP) is 7.10. The van der Waals surface area contributed by atoms with Crippen molar-refractivity contribution >= 4 is 0 Å². The quantitative estimate of drug-likeness (QED) is 0.442. The van der Waals surface area contributed by atoms with Gasteiger partial charge >= 0.3 is 0 Å². The van der Waals surface area contributed by atoms with Gasteiger partial charge in [0.2, 0.25) is 0 Å². The van der Waals surface area contributed by atoms with Crippen molar-refractivity contribution in [3.63, 3.8) is 0 Å². The van der Waals surface area contributed by atoms with Crippen molar-refractivity contribution in [3.05, 3.63) is 83.2 Å². The third-order valence-electron chi connectivity index (χ3n) is 5.65. The fourth-order valence-corrected chi connectivity index (χ4v) is 4.27. The van der Waals surface area contributed by atoms with Gasteiger partial charge in [-0.05, 0) is 56.5 Å². The molecular formula is C25H25F. The summed E-state index contributed by atoms with van der Waals surface area (Å²) in [5, 5.41) is 0. The molecule has 0 saturated heterocycles. The van der Waals surface area contributed by atoms with Gasteiger partial charge in [0, 0.05) is 5.41 Å². The molecule has 3 aromatic rings. The van der Waals surface area contributed by atoms with Crippen molar-refractivity contribution in [1.82, 2.24) is 0 Å². The molecule has 0 bridgehead atoms. The second kappa shape index (κ2) is 5.54. The molecule has 0 aliphatic heterocycles. The van der Waals surface area contributed by atoms with E-state index < -0.39 is 0 Å². The molecule has 0 amide bonds. The van der Waals surface area contributed by atoms with Crippen LogP contribution in [0.2, 0.25) is 0 Å². The van der Waals surface area contributed by atoms with Gasteiger partial charge in [0.15, 0.2) is 0 Å². The minimum atomic E-state index is -0.168. The van der Waals surface area contributed by atoms with Crippen LogP contribution >= 0.6 is 0 Å². The Bertz CT molecular complexity index is 1000. The lowest BCUT2D eigenvalue weighted by Crippen LogP contribution is -2.16. The molecule has 0 fully saturated rings. The molecule has 3 aromatic carbocycles. The van der Waals surface area contributed by atoms with E-state index in [-0.39, 0.29) is 16.6 Å². The van der Waals surface area contributed by atoms with Gasteiger partial charge in [-0.25, -0.2) is 4.39 Å². The average Bonchev–Trinajstić information content (AvgIpc) is 2.82. The summed E-state index contributed by atoms with van der Waals surface area (Å²) in [7, 11) is 0. The maximum atomic E-state index is 14.5. The zero-order chi connectivity index (χ0) is 18.7. The normalized spacial score (nSPS) is 14.8. The van der Waals surface area contributed by atoms with Crippen molar-refractivity contribution in [2.75, 3.05) is 0 Å². The molecule has 0 N–H and O–H groups in total. The Kier molecular flexibility index (Phi) is 3.63. The first kappa shape index (κ1) is 17.0. The Morgan fingerprint density at radius 1 is 0.769 bits per heavy atom. The molecular weight excluding hydrogens is 319 g/mol. The summed E-state index contributed by atoms with van der Waals surface area (Å²) in [5.74, 6) is -0.168. The van der Waals surface area contributed by atoms with Crippen LogP contribution < -0.4 is 0 Å². The van der Waals surface area contributed by atoms with Gasteiger partial charge in [0.25, 0.3) is 0 Å². The van der Waals surface area contributed by atoms with Gasteiger partial charge in [0.1, 0.15) is 5.82 Å². The van der Waals surface area contributed by atoms with Crippen LogP contribution in [0.3, 0.4) is 0 Å². The Morgan fingerprint density at radius 2 is 1.42 bits per heavy atom. The highest BCUT2D eigenvalue weighted by Crippen LogP contribution is 2.52. The first-order valence-corrected chi connectivity index (χ1v) is 9.24. The third kappa shape index (κ3) is 2.49. The van der Waals surface area contributed by atoms with Crippen LogP contribution in [0.5, 0.6) is 0 Å². The molecule has 0 spiro atoms. The van der Waals surface area contributed by atoms with E-state index in [0.29, 0.717) is 0 Å². The van der Waals surface area contributed by atoms with Gasteiger partial charge in [-0.1, -0.05) is 83.1 Å². The minimum absolute atomic E-state index is 0.0900. The standard InChI is InChI=1S/C25H25F/c1-24(2,3)17-13-16(14-18(26)15-17)19-10-8-11-21-20-9-6-7-12-22(20)25(4,5)23(19)21/h6-15H,1-5H3. The van der Waals surface area contributed by atoms with E-state index >= 15 is 0 Å². The topological polar surface area (TPSA) is 0 Å². The van der Waals surface area contributed by atoms with Crippen LogP contribution in [0.15, 0.2) is 60.7 Å². The number of hydrogen-bond acceptors (Lipinski definition) is 0. The first-order chi connectivity index (χ1) is 12.2. The second-order valence-electron chi connectivity index (χ2n) is 8.88. The highest BCUT2D eigenvalue weighted by Gasteiger charge is 2.37. The van der Waals surface area contributed by atoms with Crippen molar-refractivity contribution in [2.24, 2.45) is 0 Å². The maximum Gasteiger partial charge on any atom is 0.124 e. The van der Waals surface area contributed by atoms with Gasteiger partial charge in [-0.3, -0.25) is 0 Å². The van der Waals surface area contributed by atoms with Crippen molar-refractivity contribution in [3.8, 4) is 22.3 Å². The lowest BCUT2D eigenvalue weighted by molar-refractivity contribution is 0.572. The first-order valence-electron chi connectivity index (χ1n) is 9.24. The summed E-state index contributed by atoms with van der Waals surface area (Å²) >= 11 is 0. The zero-order valence-electron chi connectivity index (χ0n) is 16.2. The molecule has 1 aliphatic carbocycles. The number of halogens is 1. The number of benzene rings is 3. The molecule has 0 unspecified atom stereocenters. The van der Waals surface area contributed by atoms with Gasteiger partial charge in [0.05, 0.1) is 0 Å². The van der Waals surface area contributed by atoms with E-state index in [1.165, 1.54) is 22.3 Å². The fraction of sp³-hybridized carbons (Fsp3) is 0.280. The average molecular weight is 344 g/mol. The molecule has 4 rings (SSSR count). The van der Waals surface area contributed by atoms with Crippen LogP contribution in [0.1, 0.15) is 51.3 Å². The van der Waals surface area contributed by atoms with E-state index in [1.54, 1.807) is 12.1 Å². The van der Waals surface area contributed by atoms with Gasteiger partial charge in [-0.15, -0.1) is 0 Å². The molecule has 0 aromatic heterocycles. The third-order valence-corrected chi connectivity index (χ3v) is 5.65. The van der Waals surface area contributed by atoms with Crippen LogP contribution in [0.25, 0.3) is 22.3 Å². The highest BCUT2D eigenvalue weighted by molar-refractivity contribution is 5.88. The monoisotopic (exact) mass is 344 g/mol. The van der Waals surface area contributed by atoms with E-state index in [2.05, 4.69) is 83.1 Å². The molecule has 26 heavy (non-hydrogen) atoms. The Labute approximate surface area is 155 Å². The summed E-state index contributed by atoms with van der Waals surface area (Å²) in [6.07, 6.45) is 0. The zero-order valence-corrected chi connectivity index (χ0v) is 16.2. The largest absolute Gasteiger partial charge is 0.207 e. The van der Waals surface area contributed by atoms with Crippen LogP contribution in [0, 0.1) is 5.82 Å². The number of hydrogen-bond donors (Lipinski definition) is 0. The molecule has 0 atom stereocenters. The second-order valence-corrected chi connectivity index (χ2v) is 8.88. The van der Waals surface area contributed by atoms with Gasteiger partial charge < -0.3 is 0 Å². The summed E-state index contributed by atoms with van der Waals surface area (Å²) in [4.78, 5) is 0. The Hall–Kier alpha value is -2.41. The molecule has 1 aliphatic rings. The molecule has 0 heterocycles. The number of rotatable bonds is 1. The number of fused-ring (bicyclic) bond motifs is 3. The summed E-state index contributed by atoms with van der Waals surface area (Å²) in [5.41, 5.74) is 8.14. The fourth-order valence-electron chi connectivity index (χ4n) is 4.27. The highest BCUT2D eigenvalue weighted by atomic mass is 19.1. The van der Waals surface area contributed by atoms with Crippen LogP contribution in [-0.2, 0) is 10.8 Å². The minimum Gasteiger partial charge on any atom is -0.207 e. The lowest BCUT2D eigenvalue weighted by atomic mass is 9.78. The van der Waals surface area contributed by atoms with Crippen molar-refractivity contribution < 1.29 is 4.39 Å². The summed E-state index contributed by atoms with van der Waals surface area (Å²) < 4.78 is 14.5. The maximum absolute atomic E-state index is 14.5. The summed E-state index contributed by atoms with van der Waals surface area (Å²) in [6.45, 7) is 10.9. The van der Waals surface area contributed by atoms with Gasteiger partial charge in [-0.2, -0.15) is 0 Å². The molecule has 1 heteroatoms. The lowest BCUT2D eigenvalue weighted by Gasteiger charge is -2.25. The Balaban J connectivity index is 2.00. The van der Waals surface area contributed by atoms with Crippen molar-refractivity contribution in [2.45, 2.75) is 45.4 Å². The Morgan fingerprint density at radius 3 is 2.15 bits per heavy atom. The van der Waals surface area contributed by atoms with Crippen LogP contribution in [0.4, 0.5) is 4.39 Å².